The molecular weight excluding hydrogens is 723 g/mol. The van der Waals surface area contributed by atoms with Crippen molar-refractivity contribution in [3.05, 3.63) is 81.0 Å². The molecule has 3 amide bonds. The summed E-state index contributed by atoms with van der Waals surface area (Å²) in [5, 5.41) is 14.3. The zero-order valence-electron chi connectivity index (χ0n) is 30.5. The van der Waals surface area contributed by atoms with Crippen molar-refractivity contribution in [3.8, 4) is 0 Å². The quantitative estimate of drug-likeness (QED) is 0.0926. The number of H-pyrrole nitrogens is 1. The van der Waals surface area contributed by atoms with Crippen LogP contribution in [0, 0.1) is 11.8 Å². The first-order chi connectivity index (χ1) is 25.4. The molecule has 0 aliphatic heterocycles. The summed E-state index contributed by atoms with van der Waals surface area (Å²) in [5.74, 6) is -2.55. The monoisotopic (exact) mass is 768 g/mol. The molecule has 0 fully saturated rings. The van der Waals surface area contributed by atoms with Gasteiger partial charge in [0.05, 0.1) is 17.1 Å². The van der Waals surface area contributed by atoms with Crippen molar-refractivity contribution < 1.29 is 33.2 Å². The van der Waals surface area contributed by atoms with Crippen molar-refractivity contribution >= 4 is 58.0 Å². The van der Waals surface area contributed by atoms with Gasteiger partial charge in [0, 0.05) is 22.5 Å². The second-order valence-electron chi connectivity index (χ2n) is 13.6. The maximum absolute atomic E-state index is 14.8. The van der Waals surface area contributed by atoms with E-state index >= 15 is 0 Å². The number of hydrogen-bond donors (Lipinski definition) is 4. The fourth-order valence-corrected chi connectivity index (χ4v) is 6.94. The SMILES string of the molecule is CCCOC(=O)c1noc(C(NC(=O)[C@]2(NC(=O)[C@@H](NC(=O)OCc3ccccc3)[C@@H](C)CC)CCc3[nH]c4c(Cl)cc(Cl)cc4c3C2)C(C)CC)n1. The largest absolute Gasteiger partial charge is 0.460 e. The molecular formula is C38H46Cl2N6O7. The maximum atomic E-state index is 14.8. The van der Waals surface area contributed by atoms with Gasteiger partial charge in [-0.15, -0.1) is 0 Å². The predicted molar refractivity (Wildman–Crippen MR) is 199 cm³/mol. The number of alkyl carbamates (subject to hydrolysis) is 1. The number of carbonyl (C=O) groups excluding carboxylic acids is 4. The third-order valence-electron chi connectivity index (χ3n) is 9.91. The lowest BCUT2D eigenvalue weighted by Gasteiger charge is -2.39. The standard InChI is InChI=1S/C38H46Cl2N6O7/c1-6-16-51-35(48)32-44-34(53-46-32)30(22(5)8-3)42-36(49)38(15-14-28-26(19-38)25-17-24(39)18-27(40)31(25)41-28)45-33(47)29(21(4)7-2)43-37(50)52-20-23-12-10-9-11-13-23/h9-13,17-18,21-22,29-30,41H,6-8,14-16,19-20H2,1-5H3,(H,42,49)(H,43,50)(H,45,47)/t21-,22?,29-,30?,38-/m0/s1. The van der Waals surface area contributed by atoms with Crippen LogP contribution in [0.25, 0.3) is 10.9 Å². The van der Waals surface area contributed by atoms with Crippen LogP contribution in [-0.2, 0) is 38.5 Å². The molecule has 284 valence electrons. The third kappa shape index (κ3) is 9.13. The van der Waals surface area contributed by atoms with Gasteiger partial charge in [0.1, 0.15) is 24.2 Å². The van der Waals surface area contributed by atoms with E-state index in [4.69, 9.17) is 37.2 Å². The Morgan fingerprint density at radius 2 is 1.74 bits per heavy atom. The van der Waals surface area contributed by atoms with E-state index in [-0.39, 0.29) is 49.6 Å². The molecule has 5 atom stereocenters. The number of carbonyl (C=O) groups is 4. The van der Waals surface area contributed by atoms with Crippen LogP contribution >= 0.6 is 23.2 Å². The molecule has 0 saturated heterocycles. The van der Waals surface area contributed by atoms with Gasteiger partial charge in [-0.2, -0.15) is 4.98 Å². The molecule has 0 radical (unpaired) electrons. The van der Waals surface area contributed by atoms with Gasteiger partial charge in [0.25, 0.3) is 5.82 Å². The third-order valence-corrected chi connectivity index (χ3v) is 10.4. The van der Waals surface area contributed by atoms with Crippen molar-refractivity contribution in [2.24, 2.45) is 11.8 Å². The fraction of sp³-hybridized carbons (Fsp3) is 0.474. The number of halogens is 2. The molecule has 4 aromatic rings. The van der Waals surface area contributed by atoms with Crippen LogP contribution in [-0.4, -0.2) is 57.2 Å². The van der Waals surface area contributed by atoms with E-state index in [9.17, 15) is 19.2 Å². The number of aromatic nitrogens is 3. The summed E-state index contributed by atoms with van der Waals surface area (Å²) < 4.78 is 16.1. The highest BCUT2D eigenvalue weighted by Crippen LogP contribution is 2.39. The van der Waals surface area contributed by atoms with Gasteiger partial charge < -0.3 is 34.9 Å². The molecule has 0 saturated carbocycles. The number of esters is 1. The lowest BCUT2D eigenvalue weighted by atomic mass is 9.78. The van der Waals surface area contributed by atoms with Crippen LogP contribution < -0.4 is 16.0 Å². The summed E-state index contributed by atoms with van der Waals surface area (Å²) in [7, 11) is 0. The minimum Gasteiger partial charge on any atom is -0.460 e. The number of aromatic amines is 1. The molecule has 2 unspecified atom stereocenters. The van der Waals surface area contributed by atoms with E-state index in [0.29, 0.717) is 41.2 Å². The van der Waals surface area contributed by atoms with Crippen LogP contribution in [0.1, 0.15) is 99.7 Å². The smallest absolute Gasteiger partial charge is 0.408 e. The molecule has 2 aromatic carbocycles. The lowest BCUT2D eigenvalue weighted by molar-refractivity contribution is -0.136. The Labute approximate surface area is 318 Å². The Morgan fingerprint density at radius 1 is 1.00 bits per heavy atom. The molecule has 4 N–H and O–H groups in total. The molecule has 2 aromatic heterocycles. The number of fused-ring (bicyclic) bond motifs is 3. The molecule has 13 nitrogen and oxygen atoms in total. The minimum atomic E-state index is -1.51. The molecule has 1 aliphatic rings. The fourth-order valence-electron chi connectivity index (χ4n) is 6.40. The first-order valence-electron chi connectivity index (χ1n) is 18.0. The van der Waals surface area contributed by atoms with E-state index < -0.39 is 41.5 Å². The van der Waals surface area contributed by atoms with Crippen molar-refractivity contribution in [3.63, 3.8) is 0 Å². The highest BCUT2D eigenvalue weighted by molar-refractivity contribution is 6.38. The van der Waals surface area contributed by atoms with Gasteiger partial charge in [-0.1, -0.05) is 101 Å². The molecule has 0 spiro atoms. The Balaban J connectivity index is 1.48. The number of rotatable bonds is 15. The number of aryl methyl sites for hydroxylation is 1. The summed E-state index contributed by atoms with van der Waals surface area (Å²) >= 11 is 13.0. The molecule has 53 heavy (non-hydrogen) atoms. The molecule has 5 rings (SSSR count). The summed E-state index contributed by atoms with van der Waals surface area (Å²) in [5.41, 5.74) is 1.61. The second-order valence-corrected chi connectivity index (χ2v) is 14.5. The van der Waals surface area contributed by atoms with Gasteiger partial charge in [-0.25, -0.2) is 9.59 Å². The Morgan fingerprint density at radius 3 is 2.43 bits per heavy atom. The zero-order chi connectivity index (χ0) is 38.3. The maximum Gasteiger partial charge on any atom is 0.408 e. The van der Waals surface area contributed by atoms with E-state index in [2.05, 4.69) is 31.1 Å². The summed E-state index contributed by atoms with van der Waals surface area (Å²) in [6, 6.07) is 10.8. The first-order valence-corrected chi connectivity index (χ1v) is 18.7. The van der Waals surface area contributed by atoms with E-state index in [1.54, 1.807) is 12.1 Å². The molecule has 0 bridgehead atoms. The van der Waals surface area contributed by atoms with Gasteiger partial charge in [-0.3, -0.25) is 9.59 Å². The molecule has 15 heteroatoms. The minimum absolute atomic E-state index is 0.0209. The molecule has 2 heterocycles. The van der Waals surface area contributed by atoms with Crippen molar-refractivity contribution in [2.45, 2.75) is 97.4 Å². The zero-order valence-corrected chi connectivity index (χ0v) is 32.0. The topological polar surface area (TPSA) is 178 Å². The van der Waals surface area contributed by atoms with Gasteiger partial charge in [0.2, 0.25) is 17.7 Å². The second kappa shape index (κ2) is 17.5. The Hall–Kier alpha value is -4.62. The van der Waals surface area contributed by atoms with Gasteiger partial charge in [-0.05, 0) is 59.5 Å². The number of amides is 3. The Kier molecular flexibility index (Phi) is 13.0. The van der Waals surface area contributed by atoms with Crippen molar-refractivity contribution in [2.75, 3.05) is 6.61 Å². The number of nitrogens with one attached hydrogen (secondary N) is 4. The van der Waals surface area contributed by atoms with Crippen LogP contribution in [0.15, 0.2) is 47.0 Å². The number of benzene rings is 2. The highest BCUT2D eigenvalue weighted by atomic mass is 35.5. The van der Waals surface area contributed by atoms with Crippen LogP contribution in [0.2, 0.25) is 10.0 Å². The van der Waals surface area contributed by atoms with Crippen molar-refractivity contribution in [1.29, 1.82) is 0 Å². The van der Waals surface area contributed by atoms with Crippen molar-refractivity contribution in [1.82, 2.24) is 31.1 Å². The summed E-state index contributed by atoms with van der Waals surface area (Å²) in [4.78, 5) is 62.4. The number of nitrogens with zero attached hydrogens (tertiary/aromatic N) is 2. The van der Waals surface area contributed by atoms with E-state index in [1.807, 2.05) is 65.0 Å². The molecule has 1 aliphatic carbocycles. The predicted octanol–water partition coefficient (Wildman–Crippen LogP) is 7.01. The average molecular weight is 770 g/mol. The normalized spacial score (nSPS) is 17.6. The van der Waals surface area contributed by atoms with Crippen LogP contribution in [0.3, 0.4) is 0 Å². The number of ether oxygens (including phenoxy) is 2. The highest BCUT2D eigenvalue weighted by Gasteiger charge is 2.47. The van der Waals surface area contributed by atoms with Gasteiger partial charge in [0.15, 0.2) is 0 Å². The summed E-state index contributed by atoms with van der Waals surface area (Å²) in [6.45, 7) is 9.68. The lowest BCUT2D eigenvalue weighted by Crippen LogP contribution is -2.65. The van der Waals surface area contributed by atoms with E-state index in [0.717, 1.165) is 22.2 Å². The van der Waals surface area contributed by atoms with E-state index in [1.165, 1.54) is 0 Å². The Bertz CT molecular complexity index is 1930. The summed E-state index contributed by atoms with van der Waals surface area (Å²) in [6.07, 6.45) is 1.68. The van der Waals surface area contributed by atoms with Crippen LogP contribution in [0.4, 0.5) is 4.79 Å². The average Bonchev–Trinajstić information content (AvgIpc) is 3.79. The van der Waals surface area contributed by atoms with Crippen LogP contribution in [0.5, 0.6) is 0 Å². The first kappa shape index (κ1) is 39.6. The van der Waals surface area contributed by atoms with Gasteiger partial charge >= 0.3 is 12.1 Å². The number of hydrogen-bond acceptors (Lipinski definition) is 9.